The lowest BCUT2D eigenvalue weighted by Crippen LogP contribution is -2.51. The molecule has 2 heterocycles. The molecule has 116 valence electrons. The van der Waals surface area contributed by atoms with Crippen LogP contribution in [0.25, 0.3) is 0 Å². The molecule has 1 saturated heterocycles. The van der Waals surface area contributed by atoms with Crippen molar-refractivity contribution in [2.75, 3.05) is 37.6 Å². The summed E-state index contributed by atoms with van der Waals surface area (Å²) in [7, 11) is 1.93. The minimum Gasteiger partial charge on any atom is -0.365 e. The van der Waals surface area contributed by atoms with Gasteiger partial charge >= 0.3 is 0 Å². The van der Waals surface area contributed by atoms with E-state index < -0.39 is 0 Å². The lowest BCUT2D eigenvalue weighted by atomic mass is 9.94. The molecule has 21 heavy (non-hydrogen) atoms. The molecule has 2 aliphatic rings. The fourth-order valence-electron chi connectivity index (χ4n) is 3.64. The standard InChI is InChI=1S/C15H25N5O/c1-18-11-13(10-17-18)19-5-7-20(8-6-19)15(21)14-4-2-3-12(14)9-16/h10-12,14H,2-9,16H2,1H3/t12-,14-/m1/s1. The van der Waals surface area contributed by atoms with Crippen molar-refractivity contribution in [3.8, 4) is 0 Å². The number of nitrogens with two attached hydrogens (primary N) is 1. The summed E-state index contributed by atoms with van der Waals surface area (Å²) in [5.74, 6) is 0.891. The van der Waals surface area contributed by atoms with Crippen molar-refractivity contribution in [3.63, 3.8) is 0 Å². The quantitative estimate of drug-likeness (QED) is 0.878. The second-order valence-electron chi connectivity index (χ2n) is 6.22. The van der Waals surface area contributed by atoms with Gasteiger partial charge < -0.3 is 15.5 Å². The smallest absolute Gasteiger partial charge is 0.226 e. The SMILES string of the molecule is Cn1cc(N2CCN(C(=O)[C@@H]3CCC[C@@H]3CN)CC2)cn1. The molecule has 2 fully saturated rings. The monoisotopic (exact) mass is 291 g/mol. The van der Waals surface area contributed by atoms with E-state index in [1.807, 2.05) is 29.0 Å². The zero-order valence-electron chi connectivity index (χ0n) is 12.7. The van der Waals surface area contributed by atoms with Crippen molar-refractivity contribution < 1.29 is 4.79 Å². The number of anilines is 1. The number of aryl methyl sites for hydroxylation is 1. The van der Waals surface area contributed by atoms with Crippen LogP contribution in [-0.2, 0) is 11.8 Å². The van der Waals surface area contributed by atoms with E-state index in [1.54, 1.807) is 0 Å². The number of hydrogen-bond donors (Lipinski definition) is 1. The maximum atomic E-state index is 12.7. The number of nitrogens with zero attached hydrogens (tertiary/aromatic N) is 4. The Balaban J connectivity index is 1.57. The molecule has 1 aliphatic heterocycles. The summed E-state index contributed by atoms with van der Waals surface area (Å²) in [6, 6.07) is 0. The molecule has 0 spiro atoms. The highest BCUT2D eigenvalue weighted by Gasteiger charge is 2.35. The van der Waals surface area contributed by atoms with Gasteiger partial charge in [-0.1, -0.05) is 6.42 Å². The van der Waals surface area contributed by atoms with E-state index in [1.165, 1.54) is 0 Å². The zero-order chi connectivity index (χ0) is 14.8. The molecular formula is C15H25N5O. The van der Waals surface area contributed by atoms with Gasteiger partial charge in [-0.05, 0) is 25.3 Å². The van der Waals surface area contributed by atoms with Crippen molar-refractivity contribution in [1.82, 2.24) is 14.7 Å². The van der Waals surface area contributed by atoms with Crippen molar-refractivity contribution in [2.45, 2.75) is 19.3 Å². The van der Waals surface area contributed by atoms with Crippen LogP contribution in [0.5, 0.6) is 0 Å². The Bertz CT molecular complexity index is 492. The molecule has 1 aromatic rings. The minimum absolute atomic E-state index is 0.167. The zero-order valence-corrected chi connectivity index (χ0v) is 12.7. The highest BCUT2D eigenvalue weighted by molar-refractivity contribution is 5.79. The van der Waals surface area contributed by atoms with Crippen molar-refractivity contribution in [2.24, 2.45) is 24.6 Å². The molecule has 0 unspecified atom stereocenters. The third kappa shape index (κ3) is 2.90. The first-order valence-electron chi connectivity index (χ1n) is 7.91. The predicted molar refractivity (Wildman–Crippen MR) is 81.9 cm³/mol. The van der Waals surface area contributed by atoms with Gasteiger partial charge in [0.05, 0.1) is 11.9 Å². The Kier molecular flexibility index (Phi) is 4.14. The molecule has 1 aliphatic carbocycles. The van der Waals surface area contributed by atoms with Gasteiger partial charge in [0.25, 0.3) is 0 Å². The van der Waals surface area contributed by atoms with Gasteiger partial charge in [-0.25, -0.2) is 0 Å². The van der Waals surface area contributed by atoms with Crippen LogP contribution in [-0.4, -0.2) is 53.3 Å². The van der Waals surface area contributed by atoms with Gasteiger partial charge in [-0.2, -0.15) is 5.10 Å². The van der Waals surface area contributed by atoms with E-state index in [9.17, 15) is 4.79 Å². The summed E-state index contributed by atoms with van der Waals surface area (Å²) in [5.41, 5.74) is 6.95. The molecule has 6 heteroatoms. The molecular weight excluding hydrogens is 266 g/mol. The summed E-state index contributed by atoms with van der Waals surface area (Å²) < 4.78 is 1.82. The maximum Gasteiger partial charge on any atom is 0.226 e. The number of piperazine rings is 1. The number of carbonyl (C=O) groups excluding carboxylic acids is 1. The van der Waals surface area contributed by atoms with Crippen molar-refractivity contribution >= 4 is 11.6 Å². The van der Waals surface area contributed by atoms with Gasteiger partial charge in [0.15, 0.2) is 0 Å². The van der Waals surface area contributed by atoms with E-state index in [4.69, 9.17) is 5.73 Å². The second kappa shape index (κ2) is 6.05. The molecule has 1 aromatic heterocycles. The van der Waals surface area contributed by atoms with E-state index >= 15 is 0 Å². The average molecular weight is 291 g/mol. The molecule has 1 amide bonds. The first-order chi connectivity index (χ1) is 10.2. The molecule has 0 bridgehead atoms. The van der Waals surface area contributed by atoms with E-state index in [2.05, 4.69) is 10.00 Å². The minimum atomic E-state index is 0.167. The van der Waals surface area contributed by atoms with Gasteiger partial charge in [0.1, 0.15) is 0 Å². The highest BCUT2D eigenvalue weighted by Crippen LogP contribution is 2.32. The van der Waals surface area contributed by atoms with Crippen LogP contribution in [0, 0.1) is 11.8 Å². The first kappa shape index (κ1) is 14.4. The Hall–Kier alpha value is -1.56. The second-order valence-corrected chi connectivity index (χ2v) is 6.22. The Labute approximate surface area is 125 Å². The Morgan fingerprint density at radius 2 is 2.10 bits per heavy atom. The van der Waals surface area contributed by atoms with Gasteiger partial charge in [0.2, 0.25) is 5.91 Å². The maximum absolute atomic E-state index is 12.7. The number of hydrogen-bond acceptors (Lipinski definition) is 4. The van der Waals surface area contributed by atoms with E-state index in [0.717, 1.165) is 51.1 Å². The molecule has 2 atom stereocenters. The van der Waals surface area contributed by atoms with Crippen LogP contribution >= 0.6 is 0 Å². The van der Waals surface area contributed by atoms with Crippen LogP contribution in [0.15, 0.2) is 12.4 Å². The van der Waals surface area contributed by atoms with Crippen LogP contribution in [0.2, 0.25) is 0 Å². The van der Waals surface area contributed by atoms with Crippen LogP contribution in [0.3, 0.4) is 0 Å². The summed E-state index contributed by atoms with van der Waals surface area (Å²) in [5, 5.41) is 4.21. The molecule has 6 nitrogen and oxygen atoms in total. The lowest BCUT2D eigenvalue weighted by Gasteiger charge is -2.37. The predicted octanol–water partition coefficient (Wildman–Crippen LogP) is 0.444. The molecule has 1 saturated carbocycles. The third-order valence-electron chi connectivity index (χ3n) is 4.93. The number of amides is 1. The van der Waals surface area contributed by atoms with Crippen LogP contribution in [0.1, 0.15) is 19.3 Å². The number of aromatic nitrogens is 2. The summed E-state index contributed by atoms with van der Waals surface area (Å²) >= 11 is 0. The summed E-state index contributed by atoms with van der Waals surface area (Å²) in [6.45, 7) is 4.03. The van der Waals surface area contributed by atoms with Crippen molar-refractivity contribution in [1.29, 1.82) is 0 Å². The van der Waals surface area contributed by atoms with Gasteiger partial charge in [0, 0.05) is 45.3 Å². The Morgan fingerprint density at radius 3 is 2.71 bits per heavy atom. The Morgan fingerprint density at radius 1 is 1.33 bits per heavy atom. The largest absolute Gasteiger partial charge is 0.365 e. The average Bonchev–Trinajstić information content (AvgIpc) is 3.15. The number of carbonyl (C=O) groups is 1. The summed E-state index contributed by atoms with van der Waals surface area (Å²) in [6.07, 6.45) is 7.19. The van der Waals surface area contributed by atoms with E-state index in [-0.39, 0.29) is 5.92 Å². The number of rotatable bonds is 3. The third-order valence-corrected chi connectivity index (χ3v) is 4.93. The molecule has 0 aromatic carbocycles. The van der Waals surface area contributed by atoms with Crippen LogP contribution < -0.4 is 10.6 Å². The normalized spacial score (nSPS) is 26.4. The van der Waals surface area contributed by atoms with Gasteiger partial charge in [-0.15, -0.1) is 0 Å². The molecule has 0 radical (unpaired) electrons. The van der Waals surface area contributed by atoms with E-state index in [0.29, 0.717) is 18.4 Å². The molecule has 3 rings (SSSR count). The fraction of sp³-hybridized carbons (Fsp3) is 0.733. The fourth-order valence-corrected chi connectivity index (χ4v) is 3.64. The van der Waals surface area contributed by atoms with Crippen LogP contribution in [0.4, 0.5) is 5.69 Å². The first-order valence-corrected chi connectivity index (χ1v) is 7.91. The van der Waals surface area contributed by atoms with Gasteiger partial charge in [-0.3, -0.25) is 9.48 Å². The molecule has 2 N–H and O–H groups in total. The highest BCUT2D eigenvalue weighted by atomic mass is 16.2. The topological polar surface area (TPSA) is 67.4 Å². The van der Waals surface area contributed by atoms with Crippen molar-refractivity contribution in [3.05, 3.63) is 12.4 Å². The lowest BCUT2D eigenvalue weighted by molar-refractivity contribution is -0.136. The summed E-state index contributed by atoms with van der Waals surface area (Å²) in [4.78, 5) is 17.0.